The smallest absolute Gasteiger partial charge is 0.323 e. The van der Waals surface area contributed by atoms with Gasteiger partial charge in [0.1, 0.15) is 29.5 Å². The zero-order chi connectivity index (χ0) is 17.8. The zero-order valence-electron chi connectivity index (χ0n) is 13.0. The average molecular weight is 338 g/mol. The average Bonchev–Trinajstić information content (AvgIpc) is 3.18. The van der Waals surface area contributed by atoms with Crippen LogP contribution in [0.2, 0.25) is 0 Å². The third kappa shape index (κ3) is 3.81. The first-order valence-electron chi connectivity index (χ1n) is 7.32. The number of aromatic hydroxyl groups is 1. The van der Waals surface area contributed by atoms with Gasteiger partial charge in [0.05, 0.1) is 11.9 Å². The number of nitrogens with one attached hydrogen (secondary N) is 1. The van der Waals surface area contributed by atoms with Gasteiger partial charge >= 0.3 is 5.97 Å². The topological polar surface area (TPSA) is 120 Å². The minimum absolute atomic E-state index is 0.117. The summed E-state index contributed by atoms with van der Waals surface area (Å²) in [6, 6.07) is 6.29. The molecule has 8 nitrogen and oxygen atoms in total. The molecule has 1 aliphatic heterocycles. The minimum Gasteiger partial charge on any atom is -0.508 e. The quantitative estimate of drug-likeness (QED) is 0.701. The summed E-state index contributed by atoms with van der Waals surface area (Å²) >= 11 is 0. The van der Waals surface area contributed by atoms with Gasteiger partial charge in [-0.25, -0.2) is 9.98 Å². The number of carbonyl (C=O) groups is 1. The molecule has 0 saturated carbocycles. The molecule has 1 aromatic heterocycles. The molecule has 0 aliphatic carbocycles. The van der Waals surface area contributed by atoms with Crippen LogP contribution in [0.1, 0.15) is 5.56 Å². The summed E-state index contributed by atoms with van der Waals surface area (Å²) in [5.74, 6) is -1.01. The Kier molecular flexibility index (Phi) is 4.42. The van der Waals surface area contributed by atoms with Crippen molar-refractivity contribution in [3.8, 4) is 5.75 Å². The normalized spacial score (nSPS) is 16.2. The van der Waals surface area contributed by atoms with Crippen LogP contribution in [-0.4, -0.2) is 38.3 Å². The molecule has 0 unspecified atom stereocenters. The Labute approximate surface area is 141 Å². The van der Waals surface area contributed by atoms with E-state index < -0.39 is 18.1 Å². The maximum Gasteiger partial charge on any atom is 0.323 e. The number of aliphatic carboxylic acids is 1. The molecule has 0 fully saturated rings. The minimum atomic E-state index is -1.12. The number of carboxylic acid groups (broad SMARTS) is 1. The third-order valence-electron chi connectivity index (χ3n) is 3.42. The molecule has 8 heteroatoms. The predicted molar refractivity (Wildman–Crippen MR) is 93.1 cm³/mol. The number of aliphatic imine (C=N–C) groups is 2. The van der Waals surface area contributed by atoms with E-state index in [0.717, 1.165) is 4.57 Å². The highest BCUT2D eigenvalue weighted by Crippen LogP contribution is 2.09. The molecule has 0 bridgehead atoms. The lowest BCUT2D eigenvalue weighted by atomic mass is 10.2. The molecule has 126 valence electrons. The SMILES string of the molecule is O=C(O)Cn1c(=O)/c(=C/c2ccc(O)cc2)[nH]/c1=C\C=C1\C=NC=N1. The maximum absolute atomic E-state index is 12.5. The third-order valence-corrected chi connectivity index (χ3v) is 3.42. The molecule has 2 aromatic rings. The van der Waals surface area contributed by atoms with Crippen LogP contribution < -0.4 is 16.4 Å². The molecule has 0 radical (unpaired) electrons. The second-order valence-electron chi connectivity index (χ2n) is 5.23. The second-order valence-corrected chi connectivity index (χ2v) is 5.23. The summed E-state index contributed by atoms with van der Waals surface area (Å²) in [6.07, 6.45) is 7.72. The highest BCUT2D eigenvalue weighted by atomic mass is 16.4. The van der Waals surface area contributed by atoms with Crippen LogP contribution in [0, 0.1) is 0 Å². The number of aromatic amines is 1. The number of allylic oxidation sites excluding steroid dienone is 2. The van der Waals surface area contributed by atoms with Crippen LogP contribution in [0.3, 0.4) is 0 Å². The van der Waals surface area contributed by atoms with E-state index in [1.807, 2.05) is 0 Å². The number of rotatable bonds is 4. The predicted octanol–water partition coefficient (Wildman–Crippen LogP) is -0.427. The van der Waals surface area contributed by atoms with Gasteiger partial charge < -0.3 is 15.2 Å². The Morgan fingerprint density at radius 3 is 2.64 bits per heavy atom. The van der Waals surface area contributed by atoms with Crippen molar-refractivity contribution >= 4 is 30.7 Å². The number of hydrogen-bond donors (Lipinski definition) is 3. The van der Waals surface area contributed by atoms with Crippen LogP contribution in [0.4, 0.5) is 0 Å². The van der Waals surface area contributed by atoms with Crippen molar-refractivity contribution in [2.75, 3.05) is 0 Å². The van der Waals surface area contributed by atoms with Crippen molar-refractivity contribution in [1.82, 2.24) is 9.55 Å². The number of H-pyrrole nitrogens is 1. The van der Waals surface area contributed by atoms with Crippen molar-refractivity contribution < 1.29 is 15.0 Å². The monoisotopic (exact) mass is 338 g/mol. The van der Waals surface area contributed by atoms with E-state index in [4.69, 9.17) is 5.11 Å². The van der Waals surface area contributed by atoms with Gasteiger partial charge in [-0.15, -0.1) is 0 Å². The largest absolute Gasteiger partial charge is 0.508 e. The van der Waals surface area contributed by atoms with E-state index in [9.17, 15) is 14.7 Å². The number of hydrogen-bond acceptors (Lipinski definition) is 5. The fraction of sp³-hybridized carbons (Fsp3) is 0.0588. The van der Waals surface area contributed by atoms with E-state index in [-0.39, 0.29) is 11.1 Å². The molecule has 25 heavy (non-hydrogen) atoms. The van der Waals surface area contributed by atoms with Gasteiger partial charge in [-0.1, -0.05) is 12.1 Å². The van der Waals surface area contributed by atoms with E-state index in [1.165, 1.54) is 18.5 Å². The van der Waals surface area contributed by atoms with Gasteiger partial charge in [0.2, 0.25) is 0 Å². The van der Waals surface area contributed by atoms with Gasteiger partial charge in [-0.3, -0.25) is 14.2 Å². The molecule has 0 saturated heterocycles. The van der Waals surface area contributed by atoms with Gasteiger partial charge in [-0.2, -0.15) is 0 Å². The van der Waals surface area contributed by atoms with Crippen LogP contribution >= 0.6 is 0 Å². The number of phenols is 1. The zero-order valence-corrected chi connectivity index (χ0v) is 13.0. The molecule has 3 rings (SSSR count). The summed E-state index contributed by atoms with van der Waals surface area (Å²) in [6.45, 7) is -0.467. The lowest BCUT2D eigenvalue weighted by Gasteiger charge is -1.95. The second kappa shape index (κ2) is 6.83. The summed E-state index contributed by atoms with van der Waals surface area (Å²) in [5.41, 5.74) is 1.16. The van der Waals surface area contributed by atoms with Gasteiger partial charge in [-0.05, 0) is 35.9 Å². The van der Waals surface area contributed by atoms with Crippen LogP contribution in [0.25, 0.3) is 12.2 Å². The lowest BCUT2D eigenvalue weighted by molar-refractivity contribution is -0.137. The number of carboxylic acids is 1. The first-order valence-corrected chi connectivity index (χ1v) is 7.32. The Bertz CT molecular complexity index is 1060. The summed E-state index contributed by atoms with van der Waals surface area (Å²) in [4.78, 5) is 34.3. The molecule has 2 heterocycles. The van der Waals surface area contributed by atoms with E-state index >= 15 is 0 Å². The first kappa shape index (κ1) is 16.2. The lowest BCUT2D eigenvalue weighted by Crippen LogP contribution is -2.33. The molecule has 0 spiro atoms. The fourth-order valence-corrected chi connectivity index (χ4v) is 2.27. The maximum atomic E-state index is 12.5. The molecule has 1 aromatic carbocycles. The van der Waals surface area contributed by atoms with E-state index in [0.29, 0.717) is 16.7 Å². The Morgan fingerprint density at radius 1 is 1.24 bits per heavy atom. The Hall–Kier alpha value is -3.68. The number of imidazole rings is 1. The van der Waals surface area contributed by atoms with Crippen molar-refractivity contribution in [3.63, 3.8) is 0 Å². The standard InChI is InChI=1S/C17H14N4O4/c22-13-4-1-11(2-5-13)7-14-17(25)21(9-16(23)24)15(20-14)6-3-12-8-18-10-19-12/h1-8,10,20,22H,9H2,(H,23,24)/b12-3-,14-7-,15-6+. The summed E-state index contributed by atoms with van der Waals surface area (Å²) in [7, 11) is 0. The van der Waals surface area contributed by atoms with Crippen LogP contribution in [-0.2, 0) is 11.3 Å². The van der Waals surface area contributed by atoms with E-state index in [1.54, 1.807) is 36.6 Å². The number of aromatic nitrogens is 2. The Morgan fingerprint density at radius 2 is 2.00 bits per heavy atom. The first-order chi connectivity index (χ1) is 12.0. The molecule has 1 aliphatic rings. The van der Waals surface area contributed by atoms with Crippen molar-refractivity contribution in [3.05, 3.63) is 62.8 Å². The molecule has 0 amide bonds. The van der Waals surface area contributed by atoms with E-state index in [2.05, 4.69) is 15.0 Å². The van der Waals surface area contributed by atoms with Crippen molar-refractivity contribution in [1.29, 1.82) is 0 Å². The van der Waals surface area contributed by atoms with Crippen LogP contribution in [0.5, 0.6) is 5.75 Å². The highest BCUT2D eigenvalue weighted by Gasteiger charge is 2.07. The summed E-state index contributed by atoms with van der Waals surface area (Å²) in [5, 5.41) is 18.6. The van der Waals surface area contributed by atoms with Gasteiger partial charge in [0.25, 0.3) is 5.56 Å². The number of nitrogens with zero attached hydrogens (tertiary/aromatic N) is 3. The molecule has 3 N–H and O–H groups in total. The van der Waals surface area contributed by atoms with Crippen molar-refractivity contribution in [2.45, 2.75) is 6.54 Å². The molecular formula is C17H14N4O4. The molecular weight excluding hydrogens is 324 g/mol. The summed E-state index contributed by atoms with van der Waals surface area (Å²) < 4.78 is 1.13. The van der Waals surface area contributed by atoms with Crippen molar-refractivity contribution in [2.24, 2.45) is 9.98 Å². The van der Waals surface area contributed by atoms with Crippen LogP contribution in [0.15, 0.2) is 50.8 Å². The molecule has 0 atom stereocenters. The highest BCUT2D eigenvalue weighted by molar-refractivity contribution is 5.92. The Balaban J connectivity index is 2.13. The fourth-order valence-electron chi connectivity index (χ4n) is 2.27. The number of phenolic OH excluding ortho intramolecular Hbond substituents is 1. The van der Waals surface area contributed by atoms with Gasteiger partial charge in [0.15, 0.2) is 0 Å². The number of benzene rings is 1. The van der Waals surface area contributed by atoms with Gasteiger partial charge in [0, 0.05) is 0 Å².